The molecule has 2 aromatic heterocycles. The molecule has 0 radical (unpaired) electrons. The van der Waals surface area contributed by atoms with Gasteiger partial charge in [-0.15, -0.1) is 11.3 Å². The topological polar surface area (TPSA) is 58.4 Å². The van der Waals surface area contributed by atoms with E-state index in [0.29, 0.717) is 12.5 Å². The van der Waals surface area contributed by atoms with Crippen molar-refractivity contribution in [1.82, 2.24) is 14.7 Å². The Labute approximate surface area is 138 Å². The van der Waals surface area contributed by atoms with E-state index in [2.05, 4.69) is 15.6 Å². The third-order valence-electron chi connectivity index (χ3n) is 4.15. The quantitative estimate of drug-likeness (QED) is 0.774. The van der Waals surface area contributed by atoms with Crippen LogP contribution in [0.3, 0.4) is 0 Å². The number of benzene rings is 1. The SMILES string of the molecule is O=C(CC1CCCN1)Nc1ccc(-c2cn3ccsc3n2)cc1. The van der Waals surface area contributed by atoms with Crippen LogP contribution in [0.2, 0.25) is 0 Å². The number of rotatable bonds is 4. The second-order valence-electron chi connectivity index (χ2n) is 5.84. The molecule has 1 aliphatic rings. The summed E-state index contributed by atoms with van der Waals surface area (Å²) >= 11 is 1.62. The molecule has 1 atom stereocenters. The molecule has 1 saturated heterocycles. The Hall–Kier alpha value is -2.18. The van der Waals surface area contributed by atoms with Gasteiger partial charge in [0.2, 0.25) is 5.91 Å². The second-order valence-corrected chi connectivity index (χ2v) is 6.71. The van der Waals surface area contributed by atoms with E-state index in [4.69, 9.17) is 0 Å². The minimum Gasteiger partial charge on any atom is -0.326 e. The van der Waals surface area contributed by atoms with Gasteiger partial charge in [0.05, 0.1) is 5.69 Å². The van der Waals surface area contributed by atoms with Crippen LogP contribution in [0.4, 0.5) is 5.69 Å². The van der Waals surface area contributed by atoms with Crippen molar-refractivity contribution in [3.63, 3.8) is 0 Å². The summed E-state index contributed by atoms with van der Waals surface area (Å²) in [5, 5.41) is 8.33. The molecule has 23 heavy (non-hydrogen) atoms. The van der Waals surface area contributed by atoms with Gasteiger partial charge in [-0.05, 0) is 31.5 Å². The Morgan fingerprint density at radius 3 is 3.00 bits per heavy atom. The lowest BCUT2D eigenvalue weighted by molar-refractivity contribution is -0.116. The van der Waals surface area contributed by atoms with Gasteiger partial charge in [-0.25, -0.2) is 4.98 Å². The third kappa shape index (κ3) is 3.13. The Morgan fingerprint density at radius 1 is 1.39 bits per heavy atom. The molecule has 1 aromatic carbocycles. The highest BCUT2D eigenvalue weighted by Gasteiger charge is 2.17. The van der Waals surface area contributed by atoms with E-state index >= 15 is 0 Å². The zero-order chi connectivity index (χ0) is 15.6. The van der Waals surface area contributed by atoms with Crippen LogP contribution in [0.1, 0.15) is 19.3 Å². The molecule has 5 nitrogen and oxygen atoms in total. The maximum absolute atomic E-state index is 12.0. The second kappa shape index (κ2) is 6.14. The summed E-state index contributed by atoms with van der Waals surface area (Å²) in [6.07, 6.45) is 6.81. The summed E-state index contributed by atoms with van der Waals surface area (Å²) in [7, 11) is 0. The minimum absolute atomic E-state index is 0.0691. The number of thiazole rings is 1. The molecule has 6 heteroatoms. The highest BCUT2D eigenvalue weighted by atomic mass is 32.1. The van der Waals surface area contributed by atoms with Crippen LogP contribution >= 0.6 is 11.3 Å². The molecule has 0 spiro atoms. The van der Waals surface area contributed by atoms with Crippen molar-refractivity contribution < 1.29 is 4.79 Å². The first kappa shape index (κ1) is 14.4. The van der Waals surface area contributed by atoms with E-state index in [1.165, 1.54) is 0 Å². The van der Waals surface area contributed by atoms with Crippen molar-refractivity contribution in [3.8, 4) is 11.3 Å². The molecular formula is C17H18N4OS. The van der Waals surface area contributed by atoms with Gasteiger partial charge in [-0.2, -0.15) is 0 Å². The maximum Gasteiger partial charge on any atom is 0.225 e. The van der Waals surface area contributed by atoms with E-state index in [9.17, 15) is 4.79 Å². The number of nitrogens with one attached hydrogen (secondary N) is 2. The van der Waals surface area contributed by atoms with Gasteiger partial charge < -0.3 is 10.6 Å². The van der Waals surface area contributed by atoms with E-state index in [1.54, 1.807) is 11.3 Å². The van der Waals surface area contributed by atoms with Crippen molar-refractivity contribution >= 4 is 27.9 Å². The van der Waals surface area contributed by atoms with E-state index in [1.807, 2.05) is 46.4 Å². The van der Waals surface area contributed by atoms with Crippen molar-refractivity contribution in [1.29, 1.82) is 0 Å². The van der Waals surface area contributed by atoms with Crippen LogP contribution < -0.4 is 10.6 Å². The average Bonchev–Trinajstić information content (AvgIpc) is 3.24. The number of amides is 1. The highest BCUT2D eigenvalue weighted by Crippen LogP contribution is 2.23. The van der Waals surface area contributed by atoms with Gasteiger partial charge in [-0.3, -0.25) is 9.20 Å². The number of anilines is 1. The largest absolute Gasteiger partial charge is 0.326 e. The number of nitrogens with zero attached hydrogens (tertiary/aromatic N) is 2. The molecule has 0 aliphatic carbocycles. The normalized spacial score (nSPS) is 17.7. The van der Waals surface area contributed by atoms with Crippen molar-refractivity contribution in [2.75, 3.05) is 11.9 Å². The van der Waals surface area contributed by atoms with Crippen molar-refractivity contribution in [2.45, 2.75) is 25.3 Å². The monoisotopic (exact) mass is 326 g/mol. The Morgan fingerprint density at radius 2 is 2.26 bits per heavy atom. The molecule has 2 N–H and O–H groups in total. The maximum atomic E-state index is 12.0. The molecule has 1 amide bonds. The fourth-order valence-corrected chi connectivity index (χ4v) is 3.66. The number of imidazole rings is 1. The third-order valence-corrected chi connectivity index (χ3v) is 4.92. The smallest absolute Gasteiger partial charge is 0.225 e. The van der Waals surface area contributed by atoms with Gasteiger partial charge in [0.15, 0.2) is 4.96 Å². The Bertz CT molecular complexity index is 786. The minimum atomic E-state index is 0.0691. The number of fused-ring (bicyclic) bond motifs is 1. The number of carbonyl (C=O) groups excluding carboxylic acids is 1. The zero-order valence-electron chi connectivity index (χ0n) is 12.7. The van der Waals surface area contributed by atoms with Crippen molar-refractivity contribution in [2.24, 2.45) is 0 Å². The fourth-order valence-electron chi connectivity index (χ4n) is 2.96. The predicted octanol–water partition coefficient (Wildman–Crippen LogP) is 3.14. The lowest BCUT2D eigenvalue weighted by atomic mass is 10.1. The fraction of sp³-hybridized carbons (Fsp3) is 0.294. The summed E-state index contributed by atoms with van der Waals surface area (Å²) in [5.74, 6) is 0.0691. The summed E-state index contributed by atoms with van der Waals surface area (Å²) in [6.45, 7) is 1.02. The van der Waals surface area contributed by atoms with Crippen LogP contribution in [-0.4, -0.2) is 27.9 Å². The summed E-state index contributed by atoms with van der Waals surface area (Å²) < 4.78 is 2.02. The first-order valence-electron chi connectivity index (χ1n) is 7.84. The molecule has 1 unspecified atom stereocenters. The van der Waals surface area contributed by atoms with Crippen LogP contribution in [0.5, 0.6) is 0 Å². The molecule has 1 fully saturated rings. The zero-order valence-corrected chi connectivity index (χ0v) is 13.5. The van der Waals surface area contributed by atoms with Crippen LogP contribution in [0, 0.1) is 0 Å². The van der Waals surface area contributed by atoms with Gasteiger partial charge in [0.25, 0.3) is 0 Å². The molecule has 0 saturated carbocycles. The summed E-state index contributed by atoms with van der Waals surface area (Å²) in [6, 6.07) is 8.19. The Kier molecular flexibility index (Phi) is 3.85. The molecule has 3 heterocycles. The lowest BCUT2D eigenvalue weighted by Crippen LogP contribution is -2.27. The van der Waals surface area contributed by atoms with Crippen LogP contribution in [0.25, 0.3) is 16.2 Å². The molecule has 3 aromatic rings. The average molecular weight is 326 g/mol. The Balaban J connectivity index is 1.43. The van der Waals surface area contributed by atoms with Gasteiger partial charge in [0.1, 0.15) is 0 Å². The first-order valence-corrected chi connectivity index (χ1v) is 8.72. The highest BCUT2D eigenvalue weighted by molar-refractivity contribution is 7.15. The number of hydrogen-bond acceptors (Lipinski definition) is 4. The molecule has 4 rings (SSSR count). The standard InChI is InChI=1S/C17H18N4OS/c22-16(10-14-2-1-7-18-14)19-13-5-3-12(4-6-13)15-11-21-8-9-23-17(21)20-15/h3-6,8-9,11,14,18H,1-2,7,10H2,(H,19,22). The molecule has 1 aliphatic heterocycles. The van der Waals surface area contributed by atoms with Gasteiger partial charge in [0, 0.05) is 41.5 Å². The van der Waals surface area contributed by atoms with Crippen molar-refractivity contribution in [3.05, 3.63) is 42.0 Å². The van der Waals surface area contributed by atoms with E-state index < -0.39 is 0 Å². The van der Waals surface area contributed by atoms with E-state index in [-0.39, 0.29) is 5.91 Å². The van der Waals surface area contributed by atoms with Gasteiger partial charge >= 0.3 is 0 Å². The molecule has 0 bridgehead atoms. The number of aromatic nitrogens is 2. The predicted molar refractivity (Wildman–Crippen MR) is 92.8 cm³/mol. The van der Waals surface area contributed by atoms with Crippen LogP contribution in [-0.2, 0) is 4.79 Å². The molecule has 118 valence electrons. The summed E-state index contributed by atoms with van der Waals surface area (Å²) in [4.78, 5) is 17.6. The summed E-state index contributed by atoms with van der Waals surface area (Å²) in [5.41, 5.74) is 2.83. The van der Waals surface area contributed by atoms with Gasteiger partial charge in [-0.1, -0.05) is 12.1 Å². The number of hydrogen-bond donors (Lipinski definition) is 2. The van der Waals surface area contributed by atoms with E-state index in [0.717, 1.165) is 41.3 Å². The number of carbonyl (C=O) groups is 1. The molecular weight excluding hydrogens is 308 g/mol. The van der Waals surface area contributed by atoms with Crippen LogP contribution in [0.15, 0.2) is 42.0 Å². The first-order chi connectivity index (χ1) is 11.3. The lowest BCUT2D eigenvalue weighted by Gasteiger charge is -2.10.